The highest BCUT2D eigenvalue weighted by Gasteiger charge is 2.28. The summed E-state index contributed by atoms with van der Waals surface area (Å²) in [6, 6.07) is 0.225. The van der Waals surface area contributed by atoms with E-state index in [1.807, 2.05) is 6.92 Å². The van der Waals surface area contributed by atoms with E-state index in [0.29, 0.717) is 31.1 Å². The molecule has 1 aliphatic rings. The minimum absolute atomic E-state index is 0.0537. The van der Waals surface area contributed by atoms with Crippen LogP contribution in [-0.2, 0) is 16.0 Å². The Morgan fingerprint density at radius 2 is 2.18 bits per heavy atom. The molecule has 2 atom stereocenters. The van der Waals surface area contributed by atoms with E-state index in [0.717, 1.165) is 30.5 Å². The topological polar surface area (TPSA) is 84.1 Å². The number of nitrogens with one attached hydrogen (secondary N) is 2. The second-order valence-corrected chi connectivity index (χ2v) is 6.05. The number of carbonyl (C=O) groups is 1. The number of hydrogen-bond acceptors (Lipinski definition) is 4. The highest BCUT2D eigenvalue weighted by atomic mass is 16.5. The second kappa shape index (κ2) is 7.54. The Labute approximate surface area is 130 Å². The Kier molecular flexibility index (Phi) is 5.71. The van der Waals surface area contributed by atoms with Gasteiger partial charge in [-0.15, -0.1) is 0 Å². The van der Waals surface area contributed by atoms with Gasteiger partial charge in [0.15, 0.2) is 0 Å². The Bertz CT molecular complexity index is 556. The number of aromatic nitrogens is 2. The van der Waals surface area contributed by atoms with Gasteiger partial charge >= 0.3 is 5.69 Å². The van der Waals surface area contributed by atoms with Crippen LogP contribution >= 0.6 is 0 Å². The molecular weight excluding hydrogens is 282 g/mol. The zero-order chi connectivity index (χ0) is 16.1. The van der Waals surface area contributed by atoms with E-state index in [1.165, 1.54) is 0 Å². The summed E-state index contributed by atoms with van der Waals surface area (Å²) in [5.74, 6) is 0.477. The van der Waals surface area contributed by atoms with E-state index >= 15 is 0 Å². The molecule has 0 aliphatic heterocycles. The first kappa shape index (κ1) is 16.7. The Balaban J connectivity index is 1.89. The predicted octanol–water partition coefficient (Wildman–Crippen LogP) is 1.25. The number of aromatic amines is 1. The second-order valence-electron chi connectivity index (χ2n) is 6.05. The van der Waals surface area contributed by atoms with Gasteiger partial charge in [-0.05, 0) is 38.7 Å². The van der Waals surface area contributed by atoms with Crippen LogP contribution < -0.4 is 11.0 Å². The Morgan fingerprint density at radius 1 is 1.41 bits per heavy atom. The average Bonchev–Trinajstić information content (AvgIpc) is 2.85. The van der Waals surface area contributed by atoms with Gasteiger partial charge in [0, 0.05) is 36.9 Å². The first-order valence-corrected chi connectivity index (χ1v) is 7.86. The molecule has 1 fully saturated rings. The third-order valence-corrected chi connectivity index (χ3v) is 4.44. The summed E-state index contributed by atoms with van der Waals surface area (Å²) in [4.78, 5) is 30.0. The van der Waals surface area contributed by atoms with Crippen LogP contribution in [0.5, 0.6) is 0 Å². The van der Waals surface area contributed by atoms with Crippen molar-refractivity contribution < 1.29 is 9.53 Å². The molecule has 0 unspecified atom stereocenters. The molecule has 0 aromatic carbocycles. The minimum atomic E-state index is -0.337. The van der Waals surface area contributed by atoms with E-state index < -0.39 is 0 Å². The lowest BCUT2D eigenvalue weighted by atomic mass is 10.0. The molecule has 1 saturated carbocycles. The zero-order valence-corrected chi connectivity index (χ0v) is 13.6. The van der Waals surface area contributed by atoms with E-state index in [2.05, 4.69) is 15.3 Å². The van der Waals surface area contributed by atoms with Gasteiger partial charge in [-0.25, -0.2) is 4.79 Å². The van der Waals surface area contributed by atoms with Crippen LogP contribution in [0.4, 0.5) is 0 Å². The first-order valence-electron chi connectivity index (χ1n) is 7.86. The number of methoxy groups -OCH3 is 1. The summed E-state index contributed by atoms with van der Waals surface area (Å²) in [6.07, 6.45) is 4.28. The fourth-order valence-corrected chi connectivity index (χ4v) is 3.28. The lowest BCUT2D eigenvalue weighted by molar-refractivity contribution is -0.122. The quantitative estimate of drug-likeness (QED) is 0.828. The molecule has 2 N–H and O–H groups in total. The van der Waals surface area contributed by atoms with Gasteiger partial charge in [0.1, 0.15) is 0 Å². The van der Waals surface area contributed by atoms with E-state index in [9.17, 15) is 9.59 Å². The summed E-state index contributed by atoms with van der Waals surface area (Å²) in [6.45, 7) is 4.35. The maximum absolute atomic E-state index is 12.2. The van der Waals surface area contributed by atoms with Crippen LogP contribution in [0.2, 0.25) is 0 Å². The number of aryl methyl sites for hydroxylation is 2. The van der Waals surface area contributed by atoms with E-state index in [4.69, 9.17) is 4.74 Å². The van der Waals surface area contributed by atoms with Crippen molar-refractivity contribution >= 4 is 5.91 Å². The number of amides is 1. The first-order chi connectivity index (χ1) is 10.5. The molecule has 1 aromatic heterocycles. The van der Waals surface area contributed by atoms with Crippen molar-refractivity contribution in [3.63, 3.8) is 0 Å². The van der Waals surface area contributed by atoms with Crippen molar-refractivity contribution in [1.82, 2.24) is 15.3 Å². The van der Waals surface area contributed by atoms with Crippen LogP contribution in [0.3, 0.4) is 0 Å². The molecule has 22 heavy (non-hydrogen) atoms. The van der Waals surface area contributed by atoms with E-state index in [-0.39, 0.29) is 17.6 Å². The van der Waals surface area contributed by atoms with Gasteiger partial charge in [0.05, 0.1) is 6.61 Å². The Morgan fingerprint density at radius 3 is 2.86 bits per heavy atom. The van der Waals surface area contributed by atoms with Crippen LogP contribution in [0.25, 0.3) is 0 Å². The number of H-pyrrole nitrogens is 1. The highest BCUT2D eigenvalue weighted by molar-refractivity contribution is 5.76. The smallest absolute Gasteiger partial charge is 0.345 e. The normalized spacial score (nSPS) is 21.0. The van der Waals surface area contributed by atoms with Crippen molar-refractivity contribution in [3.05, 3.63) is 27.4 Å². The molecule has 1 heterocycles. The standard InChI is InChI=1S/C16H25N3O3/c1-10-13(11(2)18-16(21)17-10)7-8-15(20)19-14-6-4-5-12(14)9-22-3/h12,14H,4-9H2,1-3H3,(H,19,20)(H,17,18,21)/t12-,14-/m1/s1. The summed E-state index contributed by atoms with van der Waals surface area (Å²) in [7, 11) is 1.70. The zero-order valence-electron chi connectivity index (χ0n) is 13.6. The van der Waals surface area contributed by atoms with Gasteiger partial charge in [-0.1, -0.05) is 6.42 Å². The predicted molar refractivity (Wildman–Crippen MR) is 83.8 cm³/mol. The van der Waals surface area contributed by atoms with Crippen LogP contribution in [0.1, 0.15) is 42.6 Å². The number of nitrogens with zero attached hydrogens (tertiary/aromatic N) is 1. The molecule has 0 bridgehead atoms. The number of ether oxygens (including phenoxy) is 1. The summed E-state index contributed by atoms with van der Waals surface area (Å²) < 4.78 is 5.22. The third-order valence-electron chi connectivity index (χ3n) is 4.44. The number of rotatable bonds is 6. The summed E-state index contributed by atoms with van der Waals surface area (Å²) >= 11 is 0. The molecule has 0 saturated heterocycles. The third kappa shape index (κ3) is 4.16. The van der Waals surface area contributed by atoms with Crippen molar-refractivity contribution in [3.8, 4) is 0 Å². The van der Waals surface area contributed by atoms with Gasteiger partial charge in [0.25, 0.3) is 0 Å². The van der Waals surface area contributed by atoms with Gasteiger partial charge in [-0.3, -0.25) is 4.79 Å². The Hall–Kier alpha value is -1.69. The average molecular weight is 307 g/mol. The van der Waals surface area contributed by atoms with Gasteiger partial charge in [0.2, 0.25) is 5.91 Å². The van der Waals surface area contributed by atoms with Crippen LogP contribution in [-0.4, -0.2) is 35.6 Å². The molecular formula is C16H25N3O3. The summed E-state index contributed by atoms with van der Waals surface area (Å²) in [5, 5.41) is 3.12. The fourth-order valence-electron chi connectivity index (χ4n) is 3.28. The van der Waals surface area contributed by atoms with Crippen molar-refractivity contribution in [2.45, 2.75) is 52.0 Å². The fraction of sp³-hybridized carbons (Fsp3) is 0.688. The van der Waals surface area contributed by atoms with Crippen molar-refractivity contribution in [2.75, 3.05) is 13.7 Å². The molecule has 6 nitrogen and oxygen atoms in total. The van der Waals surface area contributed by atoms with E-state index in [1.54, 1.807) is 14.0 Å². The SMILES string of the molecule is COC[C@H]1CCC[C@H]1NC(=O)CCc1c(C)nc(=O)[nH]c1C. The molecule has 2 rings (SSSR count). The summed E-state index contributed by atoms with van der Waals surface area (Å²) in [5.41, 5.74) is 2.11. The maximum atomic E-state index is 12.2. The van der Waals surface area contributed by atoms with Gasteiger partial charge in [-0.2, -0.15) is 4.98 Å². The van der Waals surface area contributed by atoms with Crippen molar-refractivity contribution in [2.24, 2.45) is 5.92 Å². The van der Waals surface area contributed by atoms with Crippen molar-refractivity contribution in [1.29, 1.82) is 0 Å². The molecule has 1 aromatic rings. The lowest BCUT2D eigenvalue weighted by Gasteiger charge is -2.20. The van der Waals surface area contributed by atoms with Gasteiger partial charge < -0.3 is 15.0 Å². The molecule has 6 heteroatoms. The molecule has 0 radical (unpaired) electrons. The van der Waals surface area contributed by atoms with Crippen LogP contribution in [0, 0.1) is 19.8 Å². The minimum Gasteiger partial charge on any atom is -0.384 e. The monoisotopic (exact) mass is 307 g/mol. The number of carbonyl (C=O) groups excluding carboxylic acids is 1. The molecule has 0 spiro atoms. The molecule has 1 aliphatic carbocycles. The largest absolute Gasteiger partial charge is 0.384 e. The number of hydrogen-bond donors (Lipinski definition) is 2. The highest BCUT2D eigenvalue weighted by Crippen LogP contribution is 2.25. The maximum Gasteiger partial charge on any atom is 0.345 e. The molecule has 1 amide bonds. The molecule has 122 valence electrons. The lowest BCUT2D eigenvalue weighted by Crippen LogP contribution is -2.39. The van der Waals surface area contributed by atoms with Crippen LogP contribution in [0.15, 0.2) is 4.79 Å².